The number of hydrogen-bond donors (Lipinski definition) is 2. The monoisotopic (exact) mass is 249 g/mol. The Balaban J connectivity index is 0.00000196. The molecule has 0 radical (unpaired) electrons. The van der Waals surface area contributed by atoms with Crippen LogP contribution in [-0.2, 0) is 11.2 Å². The molecule has 4 nitrogen and oxygen atoms in total. The lowest BCUT2D eigenvalue weighted by Crippen LogP contribution is -2.32. The predicted octanol–water partition coefficient (Wildman–Crippen LogP) is 1.72. The lowest BCUT2D eigenvalue weighted by atomic mass is 10.3. The fraction of sp³-hybridized carbons (Fsp3) is 0.556. The van der Waals surface area contributed by atoms with Crippen LogP contribution in [0, 0.1) is 6.92 Å². The molecule has 0 bridgehead atoms. The summed E-state index contributed by atoms with van der Waals surface area (Å²) in [4.78, 5) is 16.7. The molecule has 1 heterocycles. The van der Waals surface area contributed by atoms with Crippen LogP contribution in [0.5, 0.6) is 0 Å². The van der Waals surface area contributed by atoms with Gasteiger partial charge in [-0.3, -0.25) is 4.79 Å². The molecule has 6 heteroatoms. The smallest absolute Gasteiger partial charge is 0.242 e. The van der Waals surface area contributed by atoms with E-state index in [2.05, 4.69) is 10.3 Å². The summed E-state index contributed by atoms with van der Waals surface area (Å²) in [7, 11) is 0. The van der Waals surface area contributed by atoms with E-state index in [9.17, 15) is 4.79 Å². The largest absolute Gasteiger partial charge is 0.320 e. The van der Waals surface area contributed by atoms with Crippen molar-refractivity contribution in [3.8, 4) is 0 Å². The Kier molecular flexibility index (Phi) is 5.79. The van der Waals surface area contributed by atoms with Crippen LogP contribution in [-0.4, -0.2) is 16.9 Å². The van der Waals surface area contributed by atoms with Gasteiger partial charge in [0.2, 0.25) is 5.91 Å². The second-order valence-electron chi connectivity index (χ2n) is 3.15. The molecule has 1 atom stereocenters. The van der Waals surface area contributed by atoms with Crippen molar-refractivity contribution in [3.05, 3.63) is 10.6 Å². The molecule has 0 fully saturated rings. The van der Waals surface area contributed by atoms with Crippen LogP contribution in [0.15, 0.2) is 0 Å². The standard InChI is InChI=1S/C9H15N3OS.ClH/c1-4-7-6(3)14-9(11-7)12-8(13)5(2)10;/h5H,4,10H2,1-3H3,(H,11,12,13);1H/t5-;/m1./s1. The van der Waals surface area contributed by atoms with E-state index < -0.39 is 6.04 Å². The minimum atomic E-state index is -0.496. The number of nitrogens with zero attached hydrogens (tertiary/aromatic N) is 1. The van der Waals surface area contributed by atoms with Crippen molar-refractivity contribution in [1.82, 2.24) is 4.98 Å². The second kappa shape index (κ2) is 6.05. The lowest BCUT2D eigenvalue weighted by Gasteiger charge is -2.03. The quantitative estimate of drug-likeness (QED) is 0.857. The molecule has 0 aliphatic rings. The van der Waals surface area contributed by atoms with E-state index in [4.69, 9.17) is 5.73 Å². The first-order valence-corrected chi connectivity index (χ1v) is 5.39. The van der Waals surface area contributed by atoms with Gasteiger partial charge >= 0.3 is 0 Å². The zero-order valence-electron chi connectivity index (χ0n) is 9.03. The van der Waals surface area contributed by atoms with Gasteiger partial charge in [0.25, 0.3) is 0 Å². The molecule has 1 aromatic rings. The van der Waals surface area contributed by atoms with Crippen LogP contribution in [0.3, 0.4) is 0 Å². The molecule has 1 aromatic heterocycles. The molecule has 0 saturated carbocycles. The van der Waals surface area contributed by atoms with Gasteiger partial charge in [-0.05, 0) is 20.3 Å². The summed E-state index contributed by atoms with van der Waals surface area (Å²) in [6.45, 7) is 5.69. The van der Waals surface area contributed by atoms with Crippen LogP contribution >= 0.6 is 23.7 Å². The van der Waals surface area contributed by atoms with Gasteiger partial charge < -0.3 is 11.1 Å². The number of carbonyl (C=O) groups excluding carboxylic acids is 1. The number of rotatable bonds is 3. The van der Waals surface area contributed by atoms with E-state index >= 15 is 0 Å². The summed E-state index contributed by atoms with van der Waals surface area (Å²) in [5.74, 6) is -0.193. The van der Waals surface area contributed by atoms with E-state index in [1.54, 1.807) is 6.92 Å². The SMILES string of the molecule is CCc1nc(NC(=O)[C@@H](C)N)sc1C.Cl. The number of anilines is 1. The average Bonchev–Trinajstić information content (AvgIpc) is 2.45. The zero-order chi connectivity index (χ0) is 10.7. The van der Waals surface area contributed by atoms with Crippen molar-refractivity contribution in [2.75, 3.05) is 5.32 Å². The number of halogens is 1. The van der Waals surface area contributed by atoms with Gasteiger partial charge in [-0.25, -0.2) is 4.98 Å². The van der Waals surface area contributed by atoms with Gasteiger partial charge in [-0.15, -0.1) is 23.7 Å². The molecule has 0 unspecified atom stereocenters. The topological polar surface area (TPSA) is 68.0 Å². The lowest BCUT2D eigenvalue weighted by molar-refractivity contribution is -0.117. The first-order chi connectivity index (χ1) is 6.54. The van der Waals surface area contributed by atoms with E-state index in [1.807, 2.05) is 13.8 Å². The van der Waals surface area contributed by atoms with Gasteiger partial charge in [-0.1, -0.05) is 6.92 Å². The number of hydrogen-bond acceptors (Lipinski definition) is 4. The van der Waals surface area contributed by atoms with Crippen molar-refractivity contribution in [2.45, 2.75) is 33.2 Å². The highest BCUT2D eigenvalue weighted by molar-refractivity contribution is 7.15. The fourth-order valence-electron chi connectivity index (χ4n) is 1.03. The van der Waals surface area contributed by atoms with Crippen LogP contribution in [0.2, 0.25) is 0 Å². The third kappa shape index (κ3) is 3.77. The molecule has 1 amide bonds. The van der Waals surface area contributed by atoms with E-state index in [0.29, 0.717) is 5.13 Å². The fourth-order valence-corrected chi connectivity index (χ4v) is 1.93. The highest BCUT2D eigenvalue weighted by atomic mass is 35.5. The molecule has 86 valence electrons. The summed E-state index contributed by atoms with van der Waals surface area (Å²) >= 11 is 1.49. The van der Waals surface area contributed by atoms with Crippen LogP contribution < -0.4 is 11.1 Å². The highest BCUT2D eigenvalue weighted by Crippen LogP contribution is 2.22. The highest BCUT2D eigenvalue weighted by Gasteiger charge is 2.11. The number of thiazole rings is 1. The molecule has 0 aliphatic carbocycles. The van der Waals surface area contributed by atoms with Crippen molar-refractivity contribution in [3.63, 3.8) is 0 Å². The maximum absolute atomic E-state index is 11.3. The molecule has 3 N–H and O–H groups in total. The Morgan fingerprint density at radius 2 is 2.27 bits per heavy atom. The minimum Gasteiger partial charge on any atom is -0.320 e. The Bertz CT molecular complexity index is 338. The third-order valence-electron chi connectivity index (χ3n) is 1.87. The minimum absolute atomic E-state index is 0. The number of amides is 1. The van der Waals surface area contributed by atoms with E-state index in [1.165, 1.54) is 11.3 Å². The Labute approximate surface area is 99.7 Å². The summed E-state index contributed by atoms with van der Waals surface area (Å²) < 4.78 is 0. The van der Waals surface area contributed by atoms with Crippen molar-refractivity contribution >= 4 is 34.8 Å². The molecular weight excluding hydrogens is 234 g/mol. The first-order valence-electron chi connectivity index (χ1n) is 4.57. The zero-order valence-corrected chi connectivity index (χ0v) is 10.7. The van der Waals surface area contributed by atoms with Crippen molar-refractivity contribution in [2.24, 2.45) is 5.73 Å². The molecule has 0 spiro atoms. The van der Waals surface area contributed by atoms with Gasteiger partial charge in [-0.2, -0.15) is 0 Å². The Morgan fingerprint density at radius 1 is 1.67 bits per heavy atom. The van der Waals surface area contributed by atoms with Gasteiger partial charge in [0.15, 0.2) is 5.13 Å². The number of nitrogens with one attached hydrogen (secondary N) is 1. The average molecular weight is 250 g/mol. The van der Waals surface area contributed by atoms with Gasteiger partial charge in [0.1, 0.15) is 0 Å². The van der Waals surface area contributed by atoms with E-state index in [0.717, 1.165) is 17.0 Å². The number of carbonyl (C=O) groups is 1. The predicted molar refractivity (Wildman–Crippen MR) is 65.8 cm³/mol. The van der Waals surface area contributed by atoms with Crippen LogP contribution in [0.25, 0.3) is 0 Å². The number of nitrogens with two attached hydrogens (primary N) is 1. The molecular formula is C9H16ClN3OS. The molecule has 15 heavy (non-hydrogen) atoms. The summed E-state index contributed by atoms with van der Waals surface area (Å²) in [6.07, 6.45) is 0.885. The second-order valence-corrected chi connectivity index (χ2v) is 4.36. The molecule has 0 saturated heterocycles. The number of aromatic nitrogens is 1. The van der Waals surface area contributed by atoms with Gasteiger partial charge in [0, 0.05) is 4.88 Å². The van der Waals surface area contributed by atoms with E-state index in [-0.39, 0.29) is 18.3 Å². The third-order valence-corrected chi connectivity index (χ3v) is 2.80. The summed E-state index contributed by atoms with van der Waals surface area (Å²) in [6, 6.07) is -0.496. The van der Waals surface area contributed by atoms with Crippen LogP contribution in [0.1, 0.15) is 24.4 Å². The summed E-state index contributed by atoms with van der Waals surface area (Å²) in [5, 5.41) is 3.32. The number of aryl methyl sites for hydroxylation is 2. The van der Waals surface area contributed by atoms with Crippen molar-refractivity contribution < 1.29 is 4.79 Å². The van der Waals surface area contributed by atoms with Crippen molar-refractivity contribution in [1.29, 1.82) is 0 Å². The first kappa shape index (κ1) is 14.3. The normalized spacial score (nSPS) is 11.7. The maximum Gasteiger partial charge on any atom is 0.242 e. The molecule has 0 aliphatic heterocycles. The van der Waals surface area contributed by atoms with Crippen LogP contribution in [0.4, 0.5) is 5.13 Å². The van der Waals surface area contributed by atoms with Gasteiger partial charge in [0.05, 0.1) is 11.7 Å². The maximum atomic E-state index is 11.3. The summed E-state index contributed by atoms with van der Waals surface area (Å²) in [5.41, 5.74) is 6.46. The molecule has 1 rings (SSSR count). The Hall–Kier alpha value is -0.650. The molecule has 0 aromatic carbocycles. The Morgan fingerprint density at radius 3 is 2.67 bits per heavy atom.